The van der Waals surface area contributed by atoms with Crippen molar-refractivity contribution in [1.82, 2.24) is 29.9 Å². The summed E-state index contributed by atoms with van der Waals surface area (Å²) in [5, 5.41) is 13.2. The van der Waals surface area contributed by atoms with Crippen LogP contribution in [0.25, 0.3) is 11.0 Å². The Hall–Kier alpha value is -3.48. The molecule has 1 aromatic carbocycles. The number of aryl methyl sites for hydroxylation is 3. The van der Waals surface area contributed by atoms with E-state index in [1.54, 1.807) is 4.68 Å². The zero-order valence-electron chi connectivity index (χ0n) is 19.0. The Morgan fingerprint density at radius 3 is 2.56 bits per heavy atom. The van der Waals surface area contributed by atoms with Crippen LogP contribution in [0.3, 0.4) is 0 Å². The highest BCUT2D eigenvalue weighted by molar-refractivity contribution is 6.06. The standard InChI is InChI=1S/C25H28N6O/c1-15(21-14-30(4)28-16(21)2)26-25(32)20-12-22(19-10-11-19)27-24-23(20)17(3)29-31(24)13-18-8-6-5-7-9-18/h5-9,12,14-15,19H,10-11,13H2,1-4H3,(H,26,32)/t15-/m1/s1. The molecule has 1 N–H and O–H groups in total. The average molecular weight is 429 g/mol. The third-order valence-corrected chi connectivity index (χ3v) is 6.18. The van der Waals surface area contributed by atoms with Crippen molar-refractivity contribution < 1.29 is 4.79 Å². The first-order valence-electron chi connectivity index (χ1n) is 11.1. The van der Waals surface area contributed by atoms with Crippen LogP contribution in [0.15, 0.2) is 42.6 Å². The summed E-state index contributed by atoms with van der Waals surface area (Å²) >= 11 is 0. The largest absolute Gasteiger partial charge is 0.345 e. The van der Waals surface area contributed by atoms with E-state index in [1.807, 2.05) is 63.0 Å². The second kappa shape index (κ2) is 7.89. The van der Waals surface area contributed by atoms with Crippen LogP contribution >= 0.6 is 0 Å². The maximum absolute atomic E-state index is 13.5. The quantitative estimate of drug-likeness (QED) is 0.499. The van der Waals surface area contributed by atoms with E-state index < -0.39 is 0 Å². The lowest BCUT2D eigenvalue weighted by atomic mass is 10.1. The van der Waals surface area contributed by atoms with E-state index in [2.05, 4.69) is 22.5 Å². The molecule has 0 radical (unpaired) electrons. The lowest BCUT2D eigenvalue weighted by molar-refractivity contribution is 0.0941. The molecule has 32 heavy (non-hydrogen) atoms. The molecule has 7 heteroatoms. The van der Waals surface area contributed by atoms with Gasteiger partial charge in [0.1, 0.15) is 0 Å². The molecule has 164 valence electrons. The van der Waals surface area contributed by atoms with Crippen LogP contribution in [-0.4, -0.2) is 30.5 Å². The molecule has 4 aromatic rings. The Balaban J connectivity index is 1.54. The van der Waals surface area contributed by atoms with Gasteiger partial charge < -0.3 is 5.32 Å². The molecule has 1 aliphatic rings. The van der Waals surface area contributed by atoms with Gasteiger partial charge in [-0.05, 0) is 45.2 Å². The maximum atomic E-state index is 13.5. The number of rotatable bonds is 6. The van der Waals surface area contributed by atoms with E-state index in [9.17, 15) is 4.79 Å². The second-order valence-electron chi connectivity index (χ2n) is 8.83. The van der Waals surface area contributed by atoms with Crippen molar-refractivity contribution in [1.29, 1.82) is 0 Å². The number of aromatic nitrogens is 5. The molecule has 1 fully saturated rings. The molecule has 0 bridgehead atoms. The number of fused-ring (bicyclic) bond motifs is 1. The Labute approximate surface area is 187 Å². The lowest BCUT2D eigenvalue weighted by Crippen LogP contribution is -2.27. The topological polar surface area (TPSA) is 77.6 Å². The zero-order chi connectivity index (χ0) is 22.4. The predicted octanol–water partition coefficient (Wildman–Crippen LogP) is 4.20. The van der Waals surface area contributed by atoms with E-state index >= 15 is 0 Å². The number of pyridine rings is 1. The number of benzene rings is 1. The minimum atomic E-state index is -0.150. The maximum Gasteiger partial charge on any atom is 0.252 e. The molecule has 1 saturated carbocycles. The number of hydrogen-bond donors (Lipinski definition) is 1. The summed E-state index contributed by atoms with van der Waals surface area (Å²) in [6.07, 6.45) is 4.20. The number of hydrogen-bond acceptors (Lipinski definition) is 4. The molecule has 1 aliphatic carbocycles. The van der Waals surface area contributed by atoms with Gasteiger partial charge in [0.25, 0.3) is 5.91 Å². The highest BCUT2D eigenvalue weighted by Gasteiger charge is 2.29. The summed E-state index contributed by atoms with van der Waals surface area (Å²) in [4.78, 5) is 18.4. The molecule has 7 nitrogen and oxygen atoms in total. The van der Waals surface area contributed by atoms with Crippen LogP contribution < -0.4 is 5.32 Å². The Morgan fingerprint density at radius 2 is 1.91 bits per heavy atom. The summed E-state index contributed by atoms with van der Waals surface area (Å²) in [5.74, 6) is 0.335. The first-order valence-corrected chi connectivity index (χ1v) is 11.1. The van der Waals surface area contributed by atoms with E-state index in [-0.39, 0.29) is 11.9 Å². The van der Waals surface area contributed by atoms with Crippen LogP contribution in [0.4, 0.5) is 0 Å². The van der Waals surface area contributed by atoms with Gasteiger partial charge in [-0.25, -0.2) is 9.67 Å². The van der Waals surface area contributed by atoms with Crippen molar-refractivity contribution in [2.45, 2.75) is 52.1 Å². The van der Waals surface area contributed by atoms with Crippen LogP contribution in [-0.2, 0) is 13.6 Å². The fourth-order valence-electron chi connectivity index (χ4n) is 4.40. The van der Waals surface area contributed by atoms with Crippen molar-refractivity contribution in [3.63, 3.8) is 0 Å². The summed E-state index contributed by atoms with van der Waals surface area (Å²) in [6, 6.07) is 12.0. The van der Waals surface area contributed by atoms with Crippen LogP contribution in [0.1, 0.15) is 70.3 Å². The van der Waals surface area contributed by atoms with Crippen molar-refractivity contribution in [3.05, 3.63) is 76.4 Å². The van der Waals surface area contributed by atoms with Gasteiger partial charge in [0.2, 0.25) is 0 Å². The Morgan fingerprint density at radius 1 is 1.16 bits per heavy atom. The van der Waals surface area contributed by atoms with Crippen LogP contribution in [0, 0.1) is 13.8 Å². The number of amides is 1. The fraction of sp³-hybridized carbons (Fsp3) is 0.360. The minimum Gasteiger partial charge on any atom is -0.345 e. The van der Waals surface area contributed by atoms with Gasteiger partial charge >= 0.3 is 0 Å². The smallest absolute Gasteiger partial charge is 0.252 e. The van der Waals surface area contributed by atoms with Gasteiger partial charge in [-0.1, -0.05) is 30.3 Å². The van der Waals surface area contributed by atoms with Gasteiger partial charge in [-0.2, -0.15) is 10.2 Å². The summed E-state index contributed by atoms with van der Waals surface area (Å²) in [7, 11) is 1.89. The first kappa shape index (κ1) is 20.4. The summed E-state index contributed by atoms with van der Waals surface area (Å²) in [5.41, 5.74) is 6.34. The molecule has 1 amide bonds. The molecule has 0 unspecified atom stereocenters. The van der Waals surface area contributed by atoms with Gasteiger partial charge in [0.05, 0.1) is 34.9 Å². The van der Waals surface area contributed by atoms with Gasteiger partial charge in [0.15, 0.2) is 5.65 Å². The van der Waals surface area contributed by atoms with E-state index in [0.717, 1.165) is 52.1 Å². The number of nitrogens with zero attached hydrogens (tertiary/aromatic N) is 5. The molecular formula is C25H28N6O. The molecule has 3 aromatic heterocycles. The predicted molar refractivity (Wildman–Crippen MR) is 124 cm³/mol. The highest BCUT2D eigenvalue weighted by atomic mass is 16.1. The lowest BCUT2D eigenvalue weighted by Gasteiger charge is -2.15. The second-order valence-corrected chi connectivity index (χ2v) is 8.83. The van der Waals surface area contributed by atoms with Crippen molar-refractivity contribution in [2.24, 2.45) is 7.05 Å². The van der Waals surface area contributed by atoms with Crippen LogP contribution in [0.5, 0.6) is 0 Å². The van der Waals surface area contributed by atoms with E-state index in [4.69, 9.17) is 10.1 Å². The average Bonchev–Trinajstić information content (AvgIpc) is 3.50. The molecule has 0 saturated heterocycles. The van der Waals surface area contributed by atoms with Crippen LogP contribution in [0.2, 0.25) is 0 Å². The monoisotopic (exact) mass is 428 g/mol. The third kappa shape index (κ3) is 3.79. The fourth-order valence-corrected chi connectivity index (χ4v) is 4.40. The molecule has 5 rings (SSSR count). The normalized spacial score (nSPS) is 14.6. The minimum absolute atomic E-state index is 0.0996. The molecule has 0 spiro atoms. The van der Waals surface area contributed by atoms with Gasteiger partial charge in [-0.15, -0.1) is 0 Å². The number of carbonyl (C=O) groups excluding carboxylic acids is 1. The molecule has 1 atom stereocenters. The molecule has 3 heterocycles. The van der Waals surface area contributed by atoms with E-state index in [1.165, 1.54) is 0 Å². The molecular weight excluding hydrogens is 400 g/mol. The number of carbonyl (C=O) groups is 1. The number of nitrogens with one attached hydrogen (secondary N) is 1. The highest BCUT2D eigenvalue weighted by Crippen LogP contribution is 2.40. The van der Waals surface area contributed by atoms with Crippen molar-refractivity contribution in [2.75, 3.05) is 0 Å². The van der Waals surface area contributed by atoms with Gasteiger partial charge in [0, 0.05) is 30.4 Å². The zero-order valence-corrected chi connectivity index (χ0v) is 19.0. The Kier molecular flexibility index (Phi) is 5.04. The summed E-state index contributed by atoms with van der Waals surface area (Å²) in [6.45, 7) is 6.53. The molecule has 0 aliphatic heterocycles. The first-order chi connectivity index (χ1) is 15.4. The van der Waals surface area contributed by atoms with Crippen molar-refractivity contribution >= 4 is 16.9 Å². The SMILES string of the molecule is Cc1nn(C)cc1[C@@H](C)NC(=O)c1cc(C2CC2)nc2c1c(C)nn2Cc1ccccc1. The van der Waals surface area contributed by atoms with Crippen molar-refractivity contribution in [3.8, 4) is 0 Å². The third-order valence-electron chi connectivity index (χ3n) is 6.18. The van der Waals surface area contributed by atoms with Gasteiger partial charge in [-0.3, -0.25) is 9.48 Å². The van der Waals surface area contributed by atoms with E-state index in [0.29, 0.717) is 18.0 Å². The summed E-state index contributed by atoms with van der Waals surface area (Å²) < 4.78 is 3.71. The Bertz CT molecular complexity index is 1300.